The van der Waals surface area contributed by atoms with E-state index in [2.05, 4.69) is 20.2 Å². The topological polar surface area (TPSA) is 171 Å². The van der Waals surface area contributed by atoms with Crippen LogP contribution in [0.5, 0.6) is 29.0 Å². The molecule has 0 saturated heterocycles. The Morgan fingerprint density at radius 3 is 1.51 bits per heavy atom. The maximum Gasteiger partial charge on any atom is 0.223 e. The second-order valence-corrected chi connectivity index (χ2v) is 10.5. The van der Waals surface area contributed by atoms with Gasteiger partial charge in [-0.1, -0.05) is 42.5 Å². The number of phenols is 2. The van der Waals surface area contributed by atoms with E-state index in [1.165, 1.54) is 41.0 Å². The molecule has 2 heterocycles. The zero-order valence-corrected chi connectivity index (χ0v) is 27.8. The number of methoxy groups -OCH3 is 1. The van der Waals surface area contributed by atoms with Crippen LogP contribution in [0.25, 0.3) is 11.4 Å². The van der Waals surface area contributed by atoms with Crippen LogP contribution < -0.4 is 4.74 Å². The van der Waals surface area contributed by atoms with Crippen molar-refractivity contribution in [3.05, 3.63) is 125 Å². The van der Waals surface area contributed by atoms with Crippen molar-refractivity contribution in [2.75, 3.05) is 7.11 Å². The Labute approximate surface area is 292 Å². The van der Waals surface area contributed by atoms with Gasteiger partial charge in [-0.3, -0.25) is 9.98 Å². The molecule has 0 aliphatic heterocycles. The molecule has 0 saturated carbocycles. The van der Waals surface area contributed by atoms with Crippen molar-refractivity contribution >= 4 is 23.8 Å². The first kappa shape index (κ1) is 36.0. The summed E-state index contributed by atoms with van der Waals surface area (Å²) in [5, 5.41) is 58.4. The Hall–Kier alpha value is -5.89. The number of aliphatic imine (C=N–C) groups is 2. The van der Waals surface area contributed by atoms with Gasteiger partial charge in [-0.05, 0) is 67.9 Å². The van der Waals surface area contributed by atoms with E-state index in [9.17, 15) is 20.4 Å². The van der Waals surface area contributed by atoms with Gasteiger partial charge in [-0.25, -0.2) is 9.36 Å². The van der Waals surface area contributed by atoms with Crippen molar-refractivity contribution in [2.24, 2.45) is 9.98 Å². The standard InChI is InChI=1S/2C18H17N3O3.Co/c1-12-15(11-19-16-9-8-14(24-2)10-17(16)22)18(23)21(20-12)13-6-4-3-5-7-13;1-12-15(10-19-16-8-7-13(11-22)9-17(16)23)18(24)21(20-12)14-5-3-2-4-6-14;/h3-11,22-23H,1-2H3;2-10,22-24H,11H2,1H3;. The second kappa shape index (κ2) is 16.3. The fraction of sp³-hybridized carbons (Fsp3) is 0.111. The minimum Gasteiger partial charge on any atom is -0.506 e. The Balaban J connectivity index is 0.000000216. The predicted molar refractivity (Wildman–Crippen MR) is 183 cm³/mol. The molecule has 6 aromatic rings. The molecule has 0 aliphatic carbocycles. The van der Waals surface area contributed by atoms with Crippen LogP contribution in [0.3, 0.4) is 0 Å². The van der Waals surface area contributed by atoms with Gasteiger partial charge in [0.05, 0.1) is 47.6 Å². The molecule has 2 aromatic heterocycles. The van der Waals surface area contributed by atoms with E-state index in [1.807, 2.05) is 60.7 Å². The van der Waals surface area contributed by atoms with Gasteiger partial charge in [0.2, 0.25) is 11.8 Å². The molecule has 5 N–H and O–H groups in total. The van der Waals surface area contributed by atoms with E-state index in [1.54, 1.807) is 38.1 Å². The molecule has 0 atom stereocenters. The number of hydrogen-bond donors (Lipinski definition) is 5. The van der Waals surface area contributed by atoms with Gasteiger partial charge in [0, 0.05) is 35.3 Å². The number of hydrogen-bond acceptors (Lipinski definition) is 10. The quantitative estimate of drug-likeness (QED) is 0.117. The zero-order valence-electron chi connectivity index (χ0n) is 26.8. The van der Waals surface area contributed by atoms with E-state index >= 15 is 0 Å². The molecule has 0 amide bonds. The molecule has 0 aliphatic rings. The number of aromatic nitrogens is 4. The summed E-state index contributed by atoms with van der Waals surface area (Å²) in [5.74, 6) is 0.482. The normalized spacial score (nSPS) is 10.9. The van der Waals surface area contributed by atoms with E-state index in [0.29, 0.717) is 45.2 Å². The molecular weight excluding hydrogens is 671 g/mol. The molecule has 6 rings (SSSR count). The number of aliphatic hydroxyl groups excluding tert-OH is 1. The average Bonchev–Trinajstić information content (AvgIpc) is 3.56. The summed E-state index contributed by atoms with van der Waals surface area (Å²) in [6, 6.07) is 28.2. The maximum absolute atomic E-state index is 10.4. The first-order chi connectivity index (χ1) is 23.2. The summed E-state index contributed by atoms with van der Waals surface area (Å²) in [6.07, 6.45) is 2.95. The van der Waals surface area contributed by atoms with Crippen LogP contribution in [0.15, 0.2) is 107 Å². The summed E-state index contributed by atoms with van der Waals surface area (Å²) in [5.41, 5.74) is 5.04. The molecule has 4 aromatic carbocycles. The number of aliphatic hydroxyl groups is 1. The first-order valence-electron chi connectivity index (χ1n) is 14.8. The van der Waals surface area contributed by atoms with Crippen molar-refractivity contribution in [3.63, 3.8) is 0 Å². The summed E-state index contributed by atoms with van der Waals surface area (Å²) < 4.78 is 7.92. The summed E-state index contributed by atoms with van der Waals surface area (Å²) in [7, 11) is 1.52. The van der Waals surface area contributed by atoms with Crippen LogP contribution in [0.2, 0.25) is 0 Å². The number of ether oxygens (including phenoxy) is 1. The van der Waals surface area contributed by atoms with E-state index in [4.69, 9.17) is 9.84 Å². The van der Waals surface area contributed by atoms with Crippen molar-refractivity contribution in [2.45, 2.75) is 20.5 Å². The molecule has 0 spiro atoms. The third kappa shape index (κ3) is 8.34. The monoisotopic (exact) mass is 705 g/mol. The Kier molecular flexibility index (Phi) is 11.9. The molecule has 12 nitrogen and oxygen atoms in total. The summed E-state index contributed by atoms with van der Waals surface area (Å²) >= 11 is 0. The average molecular weight is 706 g/mol. The fourth-order valence-corrected chi connectivity index (χ4v) is 4.64. The minimum atomic E-state index is -0.151. The van der Waals surface area contributed by atoms with E-state index < -0.39 is 0 Å². The van der Waals surface area contributed by atoms with Crippen molar-refractivity contribution < 1.29 is 47.0 Å². The molecule has 0 bridgehead atoms. The number of benzene rings is 4. The Bertz CT molecular complexity index is 1930. The van der Waals surface area contributed by atoms with E-state index in [0.717, 1.165) is 11.4 Å². The van der Waals surface area contributed by atoms with Gasteiger partial charge < -0.3 is 30.3 Å². The van der Waals surface area contributed by atoms with Gasteiger partial charge in [0.1, 0.15) is 28.6 Å². The smallest absolute Gasteiger partial charge is 0.223 e. The fourth-order valence-electron chi connectivity index (χ4n) is 4.64. The van der Waals surface area contributed by atoms with Gasteiger partial charge in [0.15, 0.2) is 0 Å². The third-order valence-electron chi connectivity index (χ3n) is 7.23. The number of aromatic hydroxyl groups is 4. The second-order valence-electron chi connectivity index (χ2n) is 10.5. The van der Waals surface area contributed by atoms with Crippen LogP contribution in [0, 0.1) is 13.8 Å². The number of nitrogens with zero attached hydrogens (tertiary/aromatic N) is 6. The van der Waals surface area contributed by atoms with Crippen LogP contribution in [0.4, 0.5) is 11.4 Å². The number of para-hydroxylation sites is 2. The Morgan fingerprint density at radius 2 is 1.10 bits per heavy atom. The van der Waals surface area contributed by atoms with Crippen LogP contribution >= 0.6 is 0 Å². The first-order valence-corrected chi connectivity index (χ1v) is 14.8. The Morgan fingerprint density at radius 1 is 0.653 bits per heavy atom. The summed E-state index contributed by atoms with van der Waals surface area (Å²) in [6.45, 7) is 3.41. The van der Waals surface area contributed by atoms with Crippen LogP contribution in [-0.4, -0.2) is 64.6 Å². The van der Waals surface area contributed by atoms with Crippen LogP contribution in [0.1, 0.15) is 28.1 Å². The third-order valence-corrected chi connectivity index (χ3v) is 7.23. The molecule has 253 valence electrons. The van der Waals surface area contributed by atoms with Crippen molar-refractivity contribution in [1.82, 2.24) is 19.6 Å². The van der Waals surface area contributed by atoms with Crippen molar-refractivity contribution in [3.8, 4) is 40.4 Å². The minimum absolute atomic E-state index is 0. The maximum atomic E-state index is 10.4. The van der Waals surface area contributed by atoms with Crippen LogP contribution in [-0.2, 0) is 23.4 Å². The van der Waals surface area contributed by atoms with Gasteiger partial charge >= 0.3 is 0 Å². The zero-order chi connectivity index (χ0) is 34.2. The predicted octanol–water partition coefficient (Wildman–Crippen LogP) is 6.18. The molecule has 1 radical (unpaired) electrons. The number of rotatable bonds is 8. The van der Waals surface area contributed by atoms with Gasteiger partial charge in [-0.2, -0.15) is 10.2 Å². The summed E-state index contributed by atoms with van der Waals surface area (Å²) in [4.78, 5) is 8.45. The largest absolute Gasteiger partial charge is 0.506 e. The molecule has 0 fully saturated rings. The number of phenolic OH excluding ortho intramolecular Hbond substituents is 2. The van der Waals surface area contributed by atoms with Gasteiger partial charge in [-0.15, -0.1) is 0 Å². The molecule has 0 unspecified atom stereocenters. The SMILES string of the molecule is COc1ccc(N=Cc2c(C)nn(-c3ccccc3)c2O)c(O)c1.Cc1nn(-c2ccccc2)c(O)c1C=Nc1ccc(CO)cc1O.[Co]. The molecular formula is C36H34CoN6O6. The molecule has 13 heteroatoms. The van der Waals surface area contributed by atoms with Gasteiger partial charge in [0.25, 0.3) is 0 Å². The molecule has 49 heavy (non-hydrogen) atoms. The van der Waals surface area contributed by atoms with Crippen molar-refractivity contribution in [1.29, 1.82) is 0 Å². The number of aryl methyl sites for hydroxylation is 2. The van der Waals surface area contributed by atoms with E-state index in [-0.39, 0.29) is 46.6 Å².